The second-order valence-electron chi connectivity index (χ2n) is 2.74. The van der Waals surface area contributed by atoms with E-state index in [2.05, 4.69) is 5.10 Å². The maximum Gasteiger partial charge on any atom is 0.345 e. The molecule has 0 aliphatic carbocycles. The van der Waals surface area contributed by atoms with Gasteiger partial charge in [0.15, 0.2) is 0 Å². The molecule has 5 heteroatoms. The van der Waals surface area contributed by atoms with E-state index in [0.29, 0.717) is 6.54 Å². The summed E-state index contributed by atoms with van der Waals surface area (Å²) in [7, 11) is 3.24. The normalized spacial score (nSPS) is 13.2. The van der Waals surface area contributed by atoms with Crippen molar-refractivity contribution in [1.29, 1.82) is 0 Å². The Bertz CT molecular complexity index is 302. The Balaban J connectivity index is 2.76. The molecular formula is C7H13N3O2. The van der Waals surface area contributed by atoms with Gasteiger partial charge < -0.3 is 4.74 Å². The second kappa shape index (κ2) is 3.53. The van der Waals surface area contributed by atoms with Crippen LogP contribution in [0.2, 0.25) is 0 Å². The van der Waals surface area contributed by atoms with Crippen molar-refractivity contribution in [2.24, 2.45) is 7.05 Å². The maximum atomic E-state index is 11.2. The quantitative estimate of drug-likeness (QED) is 0.622. The molecule has 0 N–H and O–H groups in total. The Labute approximate surface area is 70.6 Å². The number of ether oxygens (including phenoxy) is 1. The van der Waals surface area contributed by atoms with Gasteiger partial charge in [-0.2, -0.15) is 5.10 Å². The molecule has 68 valence electrons. The van der Waals surface area contributed by atoms with Gasteiger partial charge in [-0.3, -0.25) is 4.57 Å². The van der Waals surface area contributed by atoms with Crippen LogP contribution in [-0.2, 0) is 18.3 Å². The molecule has 0 spiro atoms. The summed E-state index contributed by atoms with van der Waals surface area (Å²) in [6, 6.07) is 0. The van der Waals surface area contributed by atoms with Crippen molar-refractivity contribution in [1.82, 2.24) is 14.3 Å². The van der Waals surface area contributed by atoms with Crippen LogP contribution in [0.1, 0.15) is 6.92 Å². The zero-order valence-corrected chi connectivity index (χ0v) is 7.52. The van der Waals surface area contributed by atoms with Gasteiger partial charge in [0.05, 0.1) is 12.6 Å². The average Bonchev–Trinajstić information content (AvgIpc) is 2.36. The molecule has 0 aliphatic rings. The highest BCUT2D eigenvalue weighted by atomic mass is 16.5. The van der Waals surface area contributed by atoms with Crippen molar-refractivity contribution >= 4 is 0 Å². The lowest BCUT2D eigenvalue weighted by Gasteiger charge is -2.07. The number of rotatable bonds is 3. The number of aromatic nitrogens is 3. The third-order valence-electron chi connectivity index (χ3n) is 1.74. The topological polar surface area (TPSA) is 49.0 Å². The highest BCUT2D eigenvalue weighted by molar-refractivity contribution is 4.67. The second-order valence-corrected chi connectivity index (χ2v) is 2.74. The molecule has 1 atom stereocenters. The molecule has 5 nitrogen and oxygen atoms in total. The number of hydrogen-bond donors (Lipinski definition) is 0. The van der Waals surface area contributed by atoms with Crippen LogP contribution in [0.25, 0.3) is 0 Å². The lowest BCUT2D eigenvalue weighted by Crippen LogP contribution is -2.27. The predicted molar refractivity (Wildman–Crippen MR) is 43.9 cm³/mol. The molecule has 0 aromatic carbocycles. The Kier molecular flexibility index (Phi) is 2.65. The van der Waals surface area contributed by atoms with E-state index in [1.54, 1.807) is 14.2 Å². The summed E-state index contributed by atoms with van der Waals surface area (Å²) in [6.07, 6.45) is 1.55. The van der Waals surface area contributed by atoms with Crippen molar-refractivity contribution < 1.29 is 4.74 Å². The molecule has 1 rings (SSSR count). The van der Waals surface area contributed by atoms with Crippen molar-refractivity contribution in [2.45, 2.75) is 19.6 Å². The first kappa shape index (κ1) is 8.99. The van der Waals surface area contributed by atoms with Gasteiger partial charge in [-0.15, -0.1) is 0 Å². The van der Waals surface area contributed by atoms with E-state index in [4.69, 9.17) is 4.74 Å². The van der Waals surface area contributed by atoms with Crippen molar-refractivity contribution in [3.63, 3.8) is 0 Å². The lowest BCUT2D eigenvalue weighted by atomic mass is 10.4. The molecule has 0 saturated heterocycles. The summed E-state index contributed by atoms with van der Waals surface area (Å²) in [5.74, 6) is 0. The zero-order chi connectivity index (χ0) is 9.14. The van der Waals surface area contributed by atoms with Crippen LogP contribution >= 0.6 is 0 Å². The van der Waals surface area contributed by atoms with Gasteiger partial charge in [0.2, 0.25) is 0 Å². The Hall–Kier alpha value is -1.10. The molecule has 0 radical (unpaired) electrons. The van der Waals surface area contributed by atoms with E-state index in [-0.39, 0.29) is 11.8 Å². The molecule has 0 aliphatic heterocycles. The molecule has 0 bridgehead atoms. The van der Waals surface area contributed by atoms with Crippen LogP contribution in [0, 0.1) is 0 Å². The van der Waals surface area contributed by atoms with Crippen LogP contribution < -0.4 is 5.69 Å². The molecule has 0 saturated carbocycles. The van der Waals surface area contributed by atoms with Gasteiger partial charge >= 0.3 is 5.69 Å². The summed E-state index contributed by atoms with van der Waals surface area (Å²) in [5.41, 5.74) is -0.112. The predicted octanol–water partition coefficient (Wildman–Crippen LogP) is -0.383. The standard InChI is InChI=1S/C7H13N3O2/c1-6(12-3)4-10-5-8-9(2)7(10)11/h5-6H,4H2,1-3H3. The average molecular weight is 171 g/mol. The van der Waals surface area contributed by atoms with Crippen molar-refractivity contribution in [3.05, 3.63) is 16.8 Å². The smallest absolute Gasteiger partial charge is 0.345 e. The van der Waals surface area contributed by atoms with Gasteiger partial charge in [0, 0.05) is 14.2 Å². The van der Waals surface area contributed by atoms with Crippen LogP contribution in [0.3, 0.4) is 0 Å². The Morgan fingerprint density at radius 2 is 2.42 bits per heavy atom. The van der Waals surface area contributed by atoms with E-state index >= 15 is 0 Å². The molecule has 1 heterocycles. The third kappa shape index (κ3) is 1.73. The number of methoxy groups -OCH3 is 1. The first-order valence-corrected chi connectivity index (χ1v) is 3.76. The highest BCUT2D eigenvalue weighted by Crippen LogP contribution is 1.90. The van der Waals surface area contributed by atoms with E-state index in [0.717, 1.165) is 0 Å². The van der Waals surface area contributed by atoms with E-state index in [1.165, 1.54) is 15.6 Å². The maximum absolute atomic E-state index is 11.2. The van der Waals surface area contributed by atoms with Crippen LogP contribution in [0.15, 0.2) is 11.1 Å². The minimum atomic E-state index is -0.112. The summed E-state index contributed by atoms with van der Waals surface area (Å²) in [4.78, 5) is 11.2. The van der Waals surface area contributed by atoms with E-state index in [1.807, 2.05) is 6.92 Å². The third-order valence-corrected chi connectivity index (χ3v) is 1.74. The van der Waals surface area contributed by atoms with Crippen molar-refractivity contribution in [2.75, 3.05) is 7.11 Å². The number of aryl methyl sites for hydroxylation is 1. The van der Waals surface area contributed by atoms with E-state index < -0.39 is 0 Å². The number of nitrogens with zero attached hydrogens (tertiary/aromatic N) is 3. The molecule has 1 aromatic rings. The fraction of sp³-hybridized carbons (Fsp3) is 0.714. The molecular weight excluding hydrogens is 158 g/mol. The van der Waals surface area contributed by atoms with Crippen LogP contribution in [-0.4, -0.2) is 27.6 Å². The molecule has 1 aromatic heterocycles. The molecule has 12 heavy (non-hydrogen) atoms. The van der Waals surface area contributed by atoms with Gasteiger partial charge in [0.1, 0.15) is 6.33 Å². The Morgan fingerprint density at radius 3 is 2.83 bits per heavy atom. The number of hydrogen-bond acceptors (Lipinski definition) is 3. The Morgan fingerprint density at radius 1 is 1.75 bits per heavy atom. The van der Waals surface area contributed by atoms with Gasteiger partial charge in [-0.05, 0) is 6.92 Å². The molecule has 0 amide bonds. The van der Waals surface area contributed by atoms with E-state index in [9.17, 15) is 4.79 Å². The van der Waals surface area contributed by atoms with Gasteiger partial charge in [-0.25, -0.2) is 9.48 Å². The van der Waals surface area contributed by atoms with Gasteiger partial charge in [0.25, 0.3) is 0 Å². The monoisotopic (exact) mass is 171 g/mol. The lowest BCUT2D eigenvalue weighted by molar-refractivity contribution is 0.102. The summed E-state index contributed by atoms with van der Waals surface area (Å²) in [5, 5.41) is 3.82. The van der Waals surface area contributed by atoms with Crippen molar-refractivity contribution in [3.8, 4) is 0 Å². The summed E-state index contributed by atoms with van der Waals surface area (Å²) in [6.45, 7) is 2.45. The van der Waals surface area contributed by atoms with Crippen LogP contribution in [0.5, 0.6) is 0 Å². The minimum Gasteiger partial charge on any atom is -0.380 e. The first-order valence-electron chi connectivity index (χ1n) is 3.76. The van der Waals surface area contributed by atoms with Crippen LogP contribution in [0.4, 0.5) is 0 Å². The molecule has 0 fully saturated rings. The summed E-state index contributed by atoms with van der Waals surface area (Å²) >= 11 is 0. The van der Waals surface area contributed by atoms with Gasteiger partial charge in [-0.1, -0.05) is 0 Å². The fourth-order valence-electron chi connectivity index (χ4n) is 0.901. The largest absolute Gasteiger partial charge is 0.380 e. The highest BCUT2D eigenvalue weighted by Gasteiger charge is 2.04. The minimum absolute atomic E-state index is 0.0342. The SMILES string of the molecule is COC(C)Cn1cnn(C)c1=O. The first-order chi connectivity index (χ1) is 5.65. The fourth-order valence-corrected chi connectivity index (χ4v) is 0.901. The molecule has 1 unspecified atom stereocenters. The summed E-state index contributed by atoms with van der Waals surface area (Å²) < 4.78 is 7.84. The zero-order valence-electron chi connectivity index (χ0n) is 7.52.